The van der Waals surface area contributed by atoms with Crippen LogP contribution in [0.25, 0.3) is 0 Å². The second-order valence-electron chi connectivity index (χ2n) is 6.53. The molecule has 0 saturated carbocycles. The van der Waals surface area contributed by atoms with Crippen molar-refractivity contribution < 1.29 is 21.9 Å². The van der Waals surface area contributed by atoms with Crippen LogP contribution < -0.4 is 4.74 Å². The lowest BCUT2D eigenvalue weighted by Crippen LogP contribution is -2.41. The standard InChI is InChI=1S/C19H18BrF2N3O3S/c1-28-18-6-5-13(20)9-19(18)29(26,27)25(14-7-8-24(10-14)12-23)11-15-16(21)3-2-4-17(15)22/h2-6,9,14H,7-8,10-11H2,1H3. The number of hydrogen-bond donors (Lipinski definition) is 0. The number of benzene rings is 2. The van der Waals surface area contributed by atoms with Crippen molar-refractivity contribution in [1.82, 2.24) is 9.21 Å². The summed E-state index contributed by atoms with van der Waals surface area (Å²) in [7, 11) is -2.86. The van der Waals surface area contributed by atoms with Gasteiger partial charge in [-0.15, -0.1) is 0 Å². The molecule has 0 amide bonds. The lowest BCUT2D eigenvalue weighted by molar-refractivity contribution is 0.304. The molecule has 10 heteroatoms. The monoisotopic (exact) mass is 485 g/mol. The van der Waals surface area contributed by atoms with Crippen molar-refractivity contribution in [2.45, 2.75) is 23.9 Å². The Labute approximate surface area is 176 Å². The molecule has 0 aliphatic carbocycles. The van der Waals surface area contributed by atoms with Crippen LogP contribution in [0.5, 0.6) is 5.75 Å². The van der Waals surface area contributed by atoms with E-state index in [0.29, 0.717) is 17.4 Å². The van der Waals surface area contributed by atoms with Crippen molar-refractivity contribution in [2.75, 3.05) is 20.2 Å². The quantitative estimate of drug-likeness (QED) is 0.585. The van der Waals surface area contributed by atoms with Crippen LogP contribution in [0.4, 0.5) is 8.78 Å². The van der Waals surface area contributed by atoms with E-state index in [1.54, 1.807) is 6.07 Å². The van der Waals surface area contributed by atoms with E-state index in [2.05, 4.69) is 15.9 Å². The topological polar surface area (TPSA) is 73.6 Å². The molecule has 2 aromatic rings. The minimum Gasteiger partial charge on any atom is -0.495 e. The average Bonchev–Trinajstić information content (AvgIpc) is 3.16. The molecule has 0 spiro atoms. The number of rotatable bonds is 6. The fraction of sp³-hybridized carbons (Fsp3) is 0.316. The second kappa shape index (κ2) is 8.65. The van der Waals surface area contributed by atoms with E-state index in [0.717, 1.165) is 16.4 Å². The van der Waals surface area contributed by atoms with E-state index in [1.807, 2.05) is 6.19 Å². The predicted octanol–water partition coefficient (Wildman–Crippen LogP) is 3.48. The highest BCUT2D eigenvalue weighted by molar-refractivity contribution is 9.10. The summed E-state index contributed by atoms with van der Waals surface area (Å²) in [6.07, 6.45) is 2.35. The zero-order valence-electron chi connectivity index (χ0n) is 15.5. The maximum atomic E-state index is 14.3. The molecular weight excluding hydrogens is 468 g/mol. The number of hydrogen-bond acceptors (Lipinski definition) is 5. The van der Waals surface area contributed by atoms with Gasteiger partial charge in [-0.05, 0) is 36.8 Å². The Balaban J connectivity index is 2.10. The third kappa shape index (κ3) is 4.37. The maximum Gasteiger partial charge on any atom is 0.247 e. The number of nitriles is 1. The number of halogens is 3. The Morgan fingerprint density at radius 3 is 2.59 bits per heavy atom. The normalized spacial score (nSPS) is 16.8. The molecule has 0 radical (unpaired) electrons. The van der Waals surface area contributed by atoms with Gasteiger partial charge < -0.3 is 9.64 Å². The van der Waals surface area contributed by atoms with Crippen molar-refractivity contribution in [3.8, 4) is 11.9 Å². The van der Waals surface area contributed by atoms with Gasteiger partial charge in [0.15, 0.2) is 6.19 Å². The molecule has 0 bridgehead atoms. The molecule has 1 saturated heterocycles. The van der Waals surface area contributed by atoms with Crippen LogP contribution in [-0.4, -0.2) is 43.9 Å². The summed E-state index contributed by atoms with van der Waals surface area (Å²) in [5, 5.41) is 9.14. The molecule has 29 heavy (non-hydrogen) atoms. The maximum absolute atomic E-state index is 14.3. The molecule has 1 unspecified atom stereocenters. The van der Waals surface area contributed by atoms with Gasteiger partial charge in [-0.25, -0.2) is 17.2 Å². The molecule has 1 heterocycles. The number of sulfonamides is 1. The fourth-order valence-corrected chi connectivity index (χ4v) is 5.61. The fourth-order valence-electron chi connectivity index (χ4n) is 3.30. The first-order valence-electron chi connectivity index (χ1n) is 8.71. The Morgan fingerprint density at radius 1 is 1.31 bits per heavy atom. The SMILES string of the molecule is COc1ccc(Br)cc1S(=O)(=O)N(Cc1c(F)cccc1F)C1CCN(C#N)C1. The van der Waals surface area contributed by atoms with Crippen LogP contribution in [0.2, 0.25) is 0 Å². The van der Waals surface area contributed by atoms with E-state index >= 15 is 0 Å². The van der Waals surface area contributed by atoms with Gasteiger partial charge >= 0.3 is 0 Å². The summed E-state index contributed by atoms with van der Waals surface area (Å²) in [6.45, 7) is 0.00508. The van der Waals surface area contributed by atoms with E-state index < -0.39 is 34.2 Å². The molecule has 1 fully saturated rings. The summed E-state index contributed by atoms with van der Waals surface area (Å²) in [5.74, 6) is -1.55. The van der Waals surface area contributed by atoms with Crippen LogP contribution in [0.1, 0.15) is 12.0 Å². The van der Waals surface area contributed by atoms with Crippen LogP contribution in [0.15, 0.2) is 45.8 Å². The van der Waals surface area contributed by atoms with Gasteiger partial charge in [0, 0.05) is 35.7 Å². The van der Waals surface area contributed by atoms with E-state index in [1.165, 1.54) is 30.2 Å². The molecule has 1 aliphatic rings. The van der Waals surface area contributed by atoms with Crippen molar-refractivity contribution >= 4 is 26.0 Å². The zero-order chi connectivity index (χ0) is 21.2. The number of nitrogens with zero attached hydrogens (tertiary/aromatic N) is 3. The average molecular weight is 486 g/mol. The molecule has 3 rings (SSSR count). The smallest absolute Gasteiger partial charge is 0.247 e. The molecule has 1 aliphatic heterocycles. The van der Waals surface area contributed by atoms with Crippen LogP contribution in [0, 0.1) is 23.1 Å². The highest BCUT2D eigenvalue weighted by atomic mass is 79.9. The van der Waals surface area contributed by atoms with E-state index in [-0.39, 0.29) is 22.8 Å². The number of ether oxygens (including phenoxy) is 1. The van der Waals surface area contributed by atoms with Crippen LogP contribution in [-0.2, 0) is 16.6 Å². The first kappa shape index (κ1) is 21.5. The summed E-state index contributed by atoms with van der Waals surface area (Å²) >= 11 is 3.25. The van der Waals surface area contributed by atoms with Crippen molar-refractivity contribution in [3.05, 3.63) is 58.1 Å². The van der Waals surface area contributed by atoms with Gasteiger partial charge in [-0.2, -0.15) is 9.57 Å². The largest absolute Gasteiger partial charge is 0.495 e. The molecule has 0 aromatic heterocycles. The highest BCUT2D eigenvalue weighted by Crippen LogP contribution is 2.33. The first-order valence-corrected chi connectivity index (χ1v) is 10.9. The minimum atomic E-state index is -4.20. The Kier molecular flexibility index (Phi) is 6.41. The minimum absolute atomic E-state index is 0.113. The van der Waals surface area contributed by atoms with Crippen molar-refractivity contribution in [1.29, 1.82) is 5.26 Å². The first-order chi connectivity index (χ1) is 13.8. The Morgan fingerprint density at radius 2 is 2.00 bits per heavy atom. The Bertz CT molecular complexity index is 1040. The summed E-state index contributed by atoms with van der Waals surface area (Å²) in [6, 6.07) is 7.27. The molecular formula is C19H18BrF2N3O3S. The third-order valence-electron chi connectivity index (χ3n) is 4.80. The predicted molar refractivity (Wildman–Crippen MR) is 105 cm³/mol. The lowest BCUT2D eigenvalue weighted by Gasteiger charge is -2.29. The summed E-state index contributed by atoms with van der Waals surface area (Å²) < 4.78 is 62.4. The van der Waals surface area contributed by atoms with Gasteiger partial charge in [0.05, 0.1) is 7.11 Å². The second-order valence-corrected chi connectivity index (χ2v) is 9.31. The van der Waals surface area contributed by atoms with Gasteiger partial charge in [0.25, 0.3) is 0 Å². The molecule has 2 aromatic carbocycles. The van der Waals surface area contributed by atoms with Gasteiger partial charge in [0.2, 0.25) is 10.0 Å². The van der Waals surface area contributed by atoms with Crippen LogP contribution >= 0.6 is 15.9 Å². The van der Waals surface area contributed by atoms with Gasteiger partial charge in [-0.3, -0.25) is 0 Å². The summed E-state index contributed by atoms with van der Waals surface area (Å²) in [5.41, 5.74) is -0.347. The number of likely N-dealkylation sites (tertiary alicyclic amines) is 1. The highest BCUT2D eigenvalue weighted by Gasteiger charge is 2.38. The van der Waals surface area contributed by atoms with Crippen molar-refractivity contribution in [3.63, 3.8) is 0 Å². The zero-order valence-corrected chi connectivity index (χ0v) is 17.9. The molecule has 6 nitrogen and oxygen atoms in total. The number of methoxy groups -OCH3 is 1. The van der Waals surface area contributed by atoms with Crippen molar-refractivity contribution in [2.24, 2.45) is 0 Å². The van der Waals surface area contributed by atoms with Crippen LogP contribution in [0.3, 0.4) is 0 Å². The summed E-state index contributed by atoms with van der Waals surface area (Å²) in [4.78, 5) is 1.30. The van der Waals surface area contributed by atoms with E-state index in [9.17, 15) is 17.2 Å². The third-order valence-corrected chi connectivity index (χ3v) is 7.21. The lowest BCUT2D eigenvalue weighted by atomic mass is 10.1. The molecule has 154 valence electrons. The van der Waals surface area contributed by atoms with Gasteiger partial charge in [0.1, 0.15) is 22.3 Å². The Hall–Kier alpha value is -2.22. The van der Waals surface area contributed by atoms with E-state index in [4.69, 9.17) is 10.00 Å². The molecule has 0 N–H and O–H groups in total. The van der Waals surface area contributed by atoms with Gasteiger partial charge in [-0.1, -0.05) is 22.0 Å². The molecule has 1 atom stereocenters.